The van der Waals surface area contributed by atoms with E-state index in [1.165, 1.54) is 12.0 Å². The molecular formula is C20H25ClN2O2. The molecule has 0 bridgehead atoms. The van der Waals surface area contributed by atoms with Gasteiger partial charge in [0.15, 0.2) is 0 Å². The number of nitrogens with one attached hydrogen (secondary N) is 2. The lowest BCUT2D eigenvalue weighted by molar-refractivity contribution is 0.0946. The molecule has 0 radical (unpaired) electrons. The first-order valence-corrected chi connectivity index (χ1v) is 8.52. The van der Waals surface area contributed by atoms with Crippen LogP contribution in [0.25, 0.3) is 0 Å². The number of carbonyl (C=O) groups excluding carboxylic acids is 1. The number of hydrogen-bond acceptors (Lipinski definition) is 3. The third-order valence-electron chi connectivity index (χ3n) is 4.45. The van der Waals surface area contributed by atoms with Crippen molar-refractivity contribution in [2.24, 2.45) is 0 Å². The molecule has 1 atom stereocenters. The van der Waals surface area contributed by atoms with Crippen molar-refractivity contribution in [3.8, 4) is 5.75 Å². The van der Waals surface area contributed by atoms with Crippen molar-refractivity contribution in [1.29, 1.82) is 0 Å². The van der Waals surface area contributed by atoms with E-state index in [1.807, 2.05) is 42.5 Å². The van der Waals surface area contributed by atoms with Gasteiger partial charge in [0, 0.05) is 12.6 Å². The van der Waals surface area contributed by atoms with Gasteiger partial charge in [-0.25, -0.2) is 0 Å². The van der Waals surface area contributed by atoms with Crippen molar-refractivity contribution < 1.29 is 9.53 Å². The lowest BCUT2D eigenvalue weighted by Gasteiger charge is -2.14. The van der Waals surface area contributed by atoms with Crippen LogP contribution in [0.15, 0.2) is 48.5 Å². The Labute approximate surface area is 155 Å². The van der Waals surface area contributed by atoms with Gasteiger partial charge in [0.25, 0.3) is 5.91 Å². The molecule has 0 spiro atoms. The Hall–Kier alpha value is -2.04. The normalized spacial score (nSPS) is 16.1. The molecule has 5 heteroatoms. The van der Waals surface area contributed by atoms with Crippen molar-refractivity contribution in [1.82, 2.24) is 10.6 Å². The molecule has 1 fully saturated rings. The van der Waals surface area contributed by atoms with Gasteiger partial charge in [-0.2, -0.15) is 0 Å². The highest BCUT2D eigenvalue weighted by atomic mass is 35.5. The third-order valence-corrected chi connectivity index (χ3v) is 4.45. The van der Waals surface area contributed by atoms with E-state index in [0.29, 0.717) is 30.5 Å². The Kier molecular flexibility index (Phi) is 7.29. The van der Waals surface area contributed by atoms with E-state index in [0.717, 1.165) is 18.5 Å². The molecule has 1 aliphatic rings. The van der Waals surface area contributed by atoms with Crippen molar-refractivity contribution >= 4 is 18.3 Å². The van der Waals surface area contributed by atoms with Crippen LogP contribution >= 0.6 is 12.4 Å². The molecule has 0 aliphatic carbocycles. The zero-order valence-electron chi connectivity index (χ0n) is 14.5. The molecule has 0 aromatic heterocycles. The molecule has 4 nitrogen and oxygen atoms in total. The second-order valence-electron chi connectivity index (χ2n) is 6.21. The minimum Gasteiger partial charge on any atom is -0.488 e. The smallest absolute Gasteiger partial charge is 0.255 e. The number of halogens is 1. The monoisotopic (exact) mass is 360 g/mol. The van der Waals surface area contributed by atoms with Crippen molar-refractivity contribution in [2.75, 3.05) is 13.1 Å². The second kappa shape index (κ2) is 9.44. The zero-order valence-corrected chi connectivity index (χ0v) is 15.3. The van der Waals surface area contributed by atoms with Gasteiger partial charge in [-0.15, -0.1) is 12.4 Å². The summed E-state index contributed by atoms with van der Waals surface area (Å²) in [4.78, 5) is 12.5. The standard InChI is InChI=1S/C20H24N2O2.ClH/c1-15-7-2-3-8-16(15)14-24-19-11-5-4-10-18(19)20(23)22-13-17-9-6-12-21-17;/h2-5,7-8,10-11,17,21H,6,9,12-14H2,1H3,(H,22,23);1H. The van der Waals surface area contributed by atoms with Crippen LogP contribution < -0.4 is 15.4 Å². The first-order chi connectivity index (χ1) is 11.7. The molecule has 25 heavy (non-hydrogen) atoms. The number of para-hydroxylation sites is 1. The van der Waals surface area contributed by atoms with Gasteiger partial charge in [0.2, 0.25) is 0 Å². The van der Waals surface area contributed by atoms with Crippen LogP contribution in [0.2, 0.25) is 0 Å². The van der Waals surface area contributed by atoms with E-state index in [2.05, 4.69) is 23.6 Å². The summed E-state index contributed by atoms with van der Waals surface area (Å²) in [6.45, 7) is 4.22. The van der Waals surface area contributed by atoms with Gasteiger partial charge in [0.05, 0.1) is 5.56 Å². The maximum Gasteiger partial charge on any atom is 0.255 e. The van der Waals surface area contributed by atoms with Crippen LogP contribution in [-0.2, 0) is 6.61 Å². The van der Waals surface area contributed by atoms with E-state index in [4.69, 9.17) is 4.74 Å². The SMILES string of the molecule is Cc1ccccc1COc1ccccc1C(=O)NCC1CCCN1.Cl. The van der Waals surface area contributed by atoms with Crippen molar-refractivity contribution in [2.45, 2.75) is 32.4 Å². The van der Waals surface area contributed by atoms with Crippen LogP contribution in [0.3, 0.4) is 0 Å². The van der Waals surface area contributed by atoms with Gasteiger partial charge in [-0.3, -0.25) is 4.79 Å². The molecule has 0 saturated carbocycles. The van der Waals surface area contributed by atoms with Crippen LogP contribution in [0.1, 0.15) is 34.3 Å². The van der Waals surface area contributed by atoms with Gasteiger partial charge in [0.1, 0.15) is 12.4 Å². The lowest BCUT2D eigenvalue weighted by atomic mass is 10.1. The van der Waals surface area contributed by atoms with E-state index in [-0.39, 0.29) is 18.3 Å². The molecule has 2 aromatic carbocycles. The fourth-order valence-corrected chi connectivity index (χ4v) is 2.95. The van der Waals surface area contributed by atoms with Gasteiger partial charge >= 0.3 is 0 Å². The first kappa shape index (κ1) is 19.3. The average Bonchev–Trinajstić information content (AvgIpc) is 3.13. The Morgan fingerprint density at radius 3 is 2.72 bits per heavy atom. The maximum absolute atomic E-state index is 12.5. The summed E-state index contributed by atoms with van der Waals surface area (Å²) in [5.74, 6) is 0.543. The van der Waals surface area contributed by atoms with Crippen LogP contribution in [0.5, 0.6) is 5.75 Å². The molecular weight excluding hydrogens is 336 g/mol. The topological polar surface area (TPSA) is 50.4 Å². The quantitative estimate of drug-likeness (QED) is 0.829. The number of amides is 1. The fourth-order valence-electron chi connectivity index (χ4n) is 2.95. The minimum absolute atomic E-state index is 0. The third kappa shape index (κ3) is 5.21. The molecule has 1 heterocycles. The minimum atomic E-state index is -0.0796. The van der Waals surface area contributed by atoms with E-state index in [9.17, 15) is 4.79 Å². The molecule has 1 amide bonds. The number of rotatable bonds is 6. The Bertz CT molecular complexity index is 700. The largest absolute Gasteiger partial charge is 0.488 e. The number of carbonyl (C=O) groups is 1. The number of hydrogen-bond donors (Lipinski definition) is 2. The van der Waals surface area contributed by atoms with Gasteiger partial charge < -0.3 is 15.4 Å². The molecule has 1 aliphatic heterocycles. The highest BCUT2D eigenvalue weighted by Crippen LogP contribution is 2.20. The summed E-state index contributed by atoms with van der Waals surface area (Å²) in [7, 11) is 0. The fraction of sp³-hybridized carbons (Fsp3) is 0.350. The first-order valence-electron chi connectivity index (χ1n) is 8.52. The summed E-state index contributed by atoms with van der Waals surface area (Å²) in [5, 5.41) is 6.39. The summed E-state index contributed by atoms with van der Waals surface area (Å²) in [6.07, 6.45) is 2.29. The zero-order chi connectivity index (χ0) is 16.8. The van der Waals surface area contributed by atoms with Crippen molar-refractivity contribution in [3.63, 3.8) is 0 Å². The predicted octanol–water partition coefficient (Wildman–Crippen LogP) is 3.48. The summed E-state index contributed by atoms with van der Waals surface area (Å²) >= 11 is 0. The summed E-state index contributed by atoms with van der Waals surface area (Å²) in [5.41, 5.74) is 2.90. The van der Waals surface area contributed by atoms with E-state index < -0.39 is 0 Å². The van der Waals surface area contributed by atoms with Crippen LogP contribution in [-0.4, -0.2) is 25.0 Å². The highest BCUT2D eigenvalue weighted by molar-refractivity contribution is 5.96. The number of benzene rings is 2. The second-order valence-corrected chi connectivity index (χ2v) is 6.21. The molecule has 1 saturated heterocycles. The van der Waals surface area contributed by atoms with Crippen LogP contribution in [0.4, 0.5) is 0 Å². The summed E-state index contributed by atoms with van der Waals surface area (Å²) < 4.78 is 5.92. The van der Waals surface area contributed by atoms with Crippen molar-refractivity contribution in [3.05, 3.63) is 65.2 Å². The van der Waals surface area contributed by atoms with E-state index >= 15 is 0 Å². The summed E-state index contributed by atoms with van der Waals surface area (Å²) in [6, 6.07) is 15.9. The number of ether oxygens (including phenoxy) is 1. The van der Waals surface area contributed by atoms with Gasteiger partial charge in [-0.05, 0) is 49.6 Å². The maximum atomic E-state index is 12.5. The van der Waals surface area contributed by atoms with E-state index in [1.54, 1.807) is 0 Å². The highest BCUT2D eigenvalue weighted by Gasteiger charge is 2.17. The molecule has 1 unspecified atom stereocenters. The molecule has 2 N–H and O–H groups in total. The van der Waals surface area contributed by atoms with Crippen LogP contribution in [0, 0.1) is 6.92 Å². The molecule has 2 aromatic rings. The molecule has 3 rings (SSSR count). The Morgan fingerprint density at radius 1 is 1.20 bits per heavy atom. The van der Waals surface area contributed by atoms with Gasteiger partial charge in [-0.1, -0.05) is 36.4 Å². The Morgan fingerprint density at radius 2 is 1.96 bits per heavy atom. The molecule has 134 valence electrons. The predicted molar refractivity (Wildman–Crippen MR) is 103 cm³/mol. The number of aryl methyl sites for hydroxylation is 1. The lowest BCUT2D eigenvalue weighted by Crippen LogP contribution is -2.37. The average molecular weight is 361 g/mol. The Balaban J connectivity index is 0.00000225.